The molecule has 4 heterocycles. The molecule has 11 nitrogen and oxygen atoms in total. The van der Waals surface area contributed by atoms with E-state index in [4.69, 9.17) is 0 Å². The Balaban J connectivity index is 1.58. The second kappa shape index (κ2) is 10.6. The number of halogens is 2. The molecule has 14 heteroatoms. The molecule has 0 saturated heterocycles. The zero-order valence-corrected chi connectivity index (χ0v) is 23.6. The van der Waals surface area contributed by atoms with Crippen LogP contribution >= 0.6 is 0 Å². The third-order valence-electron chi connectivity index (χ3n) is 6.62. The zero-order chi connectivity index (χ0) is 29.5. The van der Waals surface area contributed by atoms with Crippen LogP contribution in [0.3, 0.4) is 0 Å². The Morgan fingerprint density at radius 2 is 1.80 bits per heavy atom. The molecule has 4 aromatic heterocycles. The van der Waals surface area contributed by atoms with Crippen LogP contribution in [0.4, 0.5) is 14.6 Å². The number of pyridine rings is 1. The van der Waals surface area contributed by atoms with Crippen LogP contribution in [0.1, 0.15) is 32.0 Å². The van der Waals surface area contributed by atoms with E-state index in [2.05, 4.69) is 30.6 Å². The summed E-state index contributed by atoms with van der Waals surface area (Å²) in [5, 5.41) is 20.4. The first-order chi connectivity index (χ1) is 19.4. The molecular weight excluding hydrogens is 554 g/mol. The number of aliphatic hydroxyl groups is 1. The minimum absolute atomic E-state index is 0.0190. The van der Waals surface area contributed by atoms with Crippen LogP contribution in [0.25, 0.3) is 22.4 Å². The van der Waals surface area contributed by atoms with Crippen molar-refractivity contribution in [1.82, 2.24) is 33.9 Å². The van der Waals surface area contributed by atoms with E-state index in [1.54, 1.807) is 18.3 Å². The van der Waals surface area contributed by atoms with Gasteiger partial charge in [-0.2, -0.15) is 0 Å². The fraction of sp³-hybridized carbons (Fsp3) is 0.296. The van der Waals surface area contributed by atoms with E-state index < -0.39 is 33.1 Å². The van der Waals surface area contributed by atoms with Crippen molar-refractivity contribution in [1.29, 1.82) is 0 Å². The summed E-state index contributed by atoms with van der Waals surface area (Å²) in [5.41, 5.74) is 0.998. The summed E-state index contributed by atoms with van der Waals surface area (Å²) in [6.07, 6.45) is 4.74. The predicted octanol–water partition coefficient (Wildman–Crippen LogP) is 3.93. The van der Waals surface area contributed by atoms with E-state index in [0.29, 0.717) is 5.69 Å². The van der Waals surface area contributed by atoms with Gasteiger partial charge in [0.05, 0.1) is 42.7 Å². The first-order valence-electron chi connectivity index (χ1n) is 12.6. The van der Waals surface area contributed by atoms with E-state index in [1.807, 2.05) is 27.7 Å². The average molecular weight is 583 g/mol. The quantitative estimate of drug-likeness (QED) is 0.278. The second-order valence-corrected chi connectivity index (χ2v) is 12.5. The highest BCUT2D eigenvalue weighted by molar-refractivity contribution is 7.90. The Kier molecular flexibility index (Phi) is 7.30. The summed E-state index contributed by atoms with van der Waals surface area (Å²) in [4.78, 5) is 12.5. The summed E-state index contributed by atoms with van der Waals surface area (Å²) < 4.78 is 58.9. The standard InChI is InChI=1S/C27H28F2N8O3S/c1-16-5-7-19(8-6-16)41(39,40)37-13-21(20-9-17(28)10-31-26(20)37)24-30-11-22(29)25(33-24)32-23(27(2,3)4)14-36-12-18(15-38)34-35-36/h5-13,23,38H,14-15H2,1-4H3,(H,30,32,33). The van der Waals surface area contributed by atoms with E-state index in [-0.39, 0.29) is 46.3 Å². The largest absolute Gasteiger partial charge is 0.390 e. The maximum atomic E-state index is 15.0. The number of benzene rings is 1. The fourth-order valence-electron chi connectivity index (χ4n) is 4.23. The molecule has 0 saturated carbocycles. The van der Waals surface area contributed by atoms with Gasteiger partial charge in [-0.3, -0.25) is 4.68 Å². The summed E-state index contributed by atoms with van der Waals surface area (Å²) in [7, 11) is -4.12. The lowest BCUT2D eigenvalue weighted by Gasteiger charge is -2.31. The lowest BCUT2D eigenvalue weighted by Crippen LogP contribution is -2.38. The Morgan fingerprint density at radius 1 is 1.07 bits per heavy atom. The lowest BCUT2D eigenvalue weighted by molar-refractivity contribution is 0.276. The molecule has 0 radical (unpaired) electrons. The Bertz CT molecular complexity index is 1830. The molecule has 0 amide bonds. The van der Waals surface area contributed by atoms with Gasteiger partial charge < -0.3 is 10.4 Å². The number of hydrogen-bond acceptors (Lipinski definition) is 9. The Labute approximate surface area is 235 Å². The minimum Gasteiger partial charge on any atom is -0.390 e. The van der Waals surface area contributed by atoms with Gasteiger partial charge in [0.15, 0.2) is 23.1 Å². The molecule has 41 heavy (non-hydrogen) atoms. The lowest BCUT2D eigenvalue weighted by atomic mass is 9.86. The van der Waals surface area contributed by atoms with Crippen LogP contribution in [0.2, 0.25) is 0 Å². The van der Waals surface area contributed by atoms with Gasteiger partial charge >= 0.3 is 0 Å². The number of aliphatic hydroxyl groups excluding tert-OH is 1. The smallest absolute Gasteiger partial charge is 0.269 e. The third-order valence-corrected chi connectivity index (χ3v) is 8.28. The first kappa shape index (κ1) is 28.2. The van der Waals surface area contributed by atoms with Crippen molar-refractivity contribution in [2.45, 2.75) is 51.8 Å². The number of hydrogen-bond donors (Lipinski definition) is 2. The van der Waals surface area contributed by atoms with Crippen molar-refractivity contribution in [3.8, 4) is 11.4 Å². The second-order valence-electron chi connectivity index (χ2n) is 10.7. The molecule has 0 aliphatic carbocycles. The first-order valence-corrected chi connectivity index (χ1v) is 14.1. The van der Waals surface area contributed by atoms with Crippen molar-refractivity contribution >= 4 is 26.9 Å². The Morgan fingerprint density at radius 3 is 2.46 bits per heavy atom. The topological polar surface area (TPSA) is 141 Å². The summed E-state index contributed by atoms with van der Waals surface area (Å²) >= 11 is 0. The molecule has 0 aliphatic rings. The van der Waals surface area contributed by atoms with Gasteiger partial charge in [-0.1, -0.05) is 43.7 Å². The monoisotopic (exact) mass is 582 g/mol. The van der Waals surface area contributed by atoms with E-state index in [9.17, 15) is 17.9 Å². The maximum absolute atomic E-state index is 15.0. The molecule has 0 bridgehead atoms. The number of fused-ring (bicyclic) bond motifs is 1. The zero-order valence-electron chi connectivity index (χ0n) is 22.7. The number of nitrogens with zero attached hydrogens (tertiary/aromatic N) is 7. The van der Waals surface area contributed by atoms with E-state index in [0.717, 1.165) is 28.0 Å². The molecule has 0 fully saturated rings. The highest BCUT2D eigenvalue weighted by Crippen LogP contribution is 2.32. The molecule has 214 valence electrons. The van der Waals surface area contributed by atoms with Crippen LogP contribution in [0.15, 0.2) is 60.0 Å². The molecule has 1 aromatic carbocycles. The number of rotatable bonds is 8. The molecular formula is C27H28F2N8O3S. The van der Waals surface area contributed by atoms with Gasteiger partial charge in [-0.25, -0.2) is 36.1 Å². The summed E-state index contributed by atoms with van der Waals surface area (Å²) in [6, 6.07) is 7.02. The van der Waals surface area contributed by atoms with Crippen molar-refractivity contribution in [2.24, 2.45) is 5.41 Å². The van der Waals surface area contributed by atoms with Crippen molar-refractivity contribution in [3.05, 3.63) is 78.0 Å². The van der Waals surface area contributed by atoms with Crippen molar-refractivity contribution in [3.63, 3.8) is 0 Å². The predicted molar refractivity (Wildman–Crippen MR) is 147 cm³/mol. The molecule has 5 rings (SSSR count). The molecule has 5 aromatic rings. The highest BCUT2D eigenvalue weighted by Gasteiger charge is 2.28. The highest BCUT2D eigenvalue weighted by atomic mass is 32.2. The van der Waals surface area contributed by atoms with Gasteiger partial charge in [-0.05, 0) is 30.5 Å². The minimum atomic E-state index is -4.12. The van der Waals surface area contributed by atoms with Crippen LogP contribution in [-0.2, 0) is 23.2 Å². The average Bonchev–Trinajstić information content (AvgIpc) is 3.54. The van der Waals surface area contributed by atoms with Crippen LogP contribution in [0, 0.1) is 24.0 Å². The van der Waals surface area contributed by atoms with E-state index in [1.165, 1.54) is 23.0 Å². The van der Waals surface area contributed by atoms with E-state index >= 15 is 4.39 Å². The van der Waals surface area contributed by atoms with Gasteiger partial charge in [0.2, 0.25) is 0 Å². The number of anilines is 1. The van der Waals surface area contributed by atoms with Crippen LogP contribution < -0.4 is 5.32 Å². The van der Waals surface area contributed by atoms with Gasteiger partial charge in [0, 0.05) is 17.1 Å². The molecule has 1 atom stereocenters. The van der Waals surface area contributed by atoms with Gasteiger partial charge in [0.25, 0.3) is 10.0 Å². The summed E-state index contributed by atoms with van der Waals surface area (Å²) in [5.74, 6) is -1.59. The number of aryl methyl sites for hydroxylation is 1. The van der Waals surface area contributed by atoms with Crippen molar-refractivity contribution < 1.29 is 22.3 Å². The molecule has 0 spiro atoms. The van der Waals surface area contributed by atoms with Crippen LogP contribution in [-0.4, -0.2) is 53.5 Å². The number of nitrogens with one attached hydrogen (secondary N) is 1. The molecule has 0 aliphatic heterocycles. The molecule has 2 N–H and O–H groups in total. The third kappa shape index (κ3) is 5.65. The fourth-order valence-corrected chi connectivity index (χ4v) is 5.55. The Hall–Kier alpha value is -4.30. The molecule has 1 unspecified atom stereocenters. The SMILES string of the molecule is Cc1ccc(S(=O)(=O)n2cc(-c3ncc(F)c(NC(Cn4cc(CO)nn4)C(C)(C)C)n3)c3cc(F)cnc32)cc1. The number of aromatic nitrogens is 7. The van der Waals surface area contributed by atoms with Gasteiger partial charge in [0.1, 0.15) is 11.5 Å². The van der Waals surface area contributed by atoms with Gasteiger partial charge in [-0.15, -0.1) is 5.10 Å². The normalized spacial score (nSPS) is 13.0. The summed E-state index contributed by atoms with van der Waals surface area (Å²) in [6.45, 7) is 7.70. The maximum Gasteiger partial charge on any atom is 0.269 e. The van der Waals surface area contributed by atoms with Crippen LogP contribution in [0.5, 0.6) is 0 Å². The van der Waals surface area contributed by atoms with Crippen molar-refractivity contribution in [2.75, 3.05) is 5.32 Å².